The van der Waals surface area contributed by atoms with Gasteiger partial charge in [0.1, 0.15) is 23.3 Å². The molecule has 0 bridgehead atoms. The zero-order valence-electron chi connectivity index (χ0n) is 10.8. The van der Waals surface area contributed by atoms with E-state index < -0.39 is 6.17 Å². The standard InChI is InChI=1S/C14H14FN5/c15-10-5-11(17)8-20(7-10)12-2-1-9(6-16)13-14(12)19-4-3-18-13/h1-4,10-11H,5,7-8,17H2/t10-,11-/m1/s1. The Labute approximate surface area is 115 Å². The summed E-state index contributed by atoms with van der Waals surface area (Å²) in [6.45, 7) is 0.878. The summed E-state index contributed by atoms with van der Waals surface area (Å²) in [5.74, 6) is 0. The number of rotatable bonds is 1. The fourth-order valence-corrected chi connectivity index (χ4v) is 2.66. The number of alkyl halides is 1. The second-order valence-corrected chi connectivity index (χ2v) is 5.00. The fourth-order valence-electron chi connectivity index (χ4n) is 2.66. The lowest BCUT2D eigenvalue weighted by atomic mass is 10.0. The second-order valence-electron chi connectivity index (χ2n) is 5.00. The molecule has 3 rings (SSSR count). The van der Waals surface area contributed by atoms with E-state index in [1.807, 2.05) is 4.90 Å². The number of piperidine rings is 1. The van der Waals surface area contributed by atoms with Crippen molar-refractivity contribution in [2.75, 3.05) is 18.0 Å². The fraction of sp³-hybridized carbons (Fsp3) is 0.357. The van der Waals surface area contributed by atoms with Gasteiger partial charge >= 0.3 is 0 Å². The van der Waals surface area contributed by atoms with E-state index >= 15 is 0 Å². The minimum atomic E-state index is -0.943. The van der Waals surface area contributed by atoms with Gasteiger partial charge in [-0.2, -0.15) is 5.26 Å². The molecule has 0 spiro atoms. The van der Waals surface area contributed by atoms with Gasteiger partial charge in [-0.1, -0.05) is 0 Å². The van der Waals surface area contributed by atoms with E-state index in [1.165, 1.54) is 0 Å². The molecule has 1 aromatic heterocycles. The van der Waals surface area contributed by atoms with Gasteiger partial charge in [0.15, 0.2) is 0 Å². The van der Waals surface area contributed by atoms with E-state index in [9.17, 15) is 4.39 Å². The third kappa shape index (κ3) is 2.17. The highest BCUT2D eigenvalue weighted by Crippen LogP contribution is 2.28. The second kappa shape index (κ2) is 5.02. The van der Waals surface area contributed by atoms with E-state index in [4.69, 9.17) is 11.0 Å². The Hall–Kier alpha value is -2.26. The maximum Gasteiger partial charge on any atom is 0.119 e. The number of aromatic nitrogens is 2. The van der Waals surface area contributed by atoms with Crippen LogP contribution >= 0.6 is 0 Å². The zero-order chi connectivity index (χ0) is 14.1. The Morgan fingerprint density at radius 3 is 2.70 bits per heavy atom. The van der Waals surface area contributed by atoms with Crippen LogP contribution < -0.4 is 10.6 Å². The average molecular weight is 271 g/mol. The molecule has 1 aliphatic rings. The Kier molecular flexibility index (Phi) is 3.20. The number of hydrogen-bond acceptors (Lipinski definition) is 5. The van der Waals surface area contributed by atoms with Crippen LogP contribution in [0.1, 0.15) is 12.0 Å². The van der Waals surface area contributed by atoms with Crippen molar-refractivity contribution in [2.24, 2.45) is 5.73 Å². The van der Waals surface area contributed by atoms with Crippen molar-refractivity contribution in [2.45, 2.75) is 18.6 Å². The largest absolute Gasteiger partial charge is 0.365 e. The van der Waals surface area contributed by atoms with Gasteiger partial charge in [-0.25, -0.2) is 4.39 Å². The Bertz CT molecular complexity index is 671. The minimum Gasteiger partial charge on any atom is -0.365 e. The number of hydrogen-bond donors (Lipinski definition) is 1. The minimum absolute atomic E-state index is 0.193. The predicted molar refractivity (Wildman–Crippen MR) is 74.0 cm³/mol. The van der Waals surface area contributed by atoms with Gasteiger partial charge in [-0.15, -0.1) is 0 Å². The van der Waals surface area contributed by atoms with Crippen LogP contribution in [-0.4, -0.2) is 35.3 Å². The quantitative estimate of drug-likeness (QED) is 0.847. The molecule has 1 aromatic carbocycles. The van der Waals surface area contributed by atoms with Gasteiger partial charge in [-0.05, 0) is 18.6 Å². The third-order valence-electron chi connectivity index (χ3n) is 3.50. The highest BCUT2D eigenvalue weighted by molar-refractivity contribution is 5.92. The van der Waals surface area contributed by atoms with Crippen molar-refractivity contribution in [3.8, 4) is 6.07 Å². The zero-order valence-corrected chi connectivity index (χ0v) is 10.8. The molecule has 6 heteroatoms. The molecule has 0 unspecified atom stereocenters. The van der Waals surface area contributed by atoms with Crippen LogP contribution in [0.5, 0.6) is 0 Å². The van der Waals surface area contributed by atoms with Gasteiger partial charge in [0, 0.05) is 31.5 Å². The molecule has 1 fully saturated rings. The summed E-state index contributed by atoms with van der Waals surface area (Å²) in [4.78, 5) is 10.4. The lowest BCUT2D eigenvalue weighted by molar-refractivity contribution is 0.269. The first-order chi connectivity index (χ1) is 9.69. The number of halogens is 1. The molecular formula is C14H14FN5. The van der Waals surface area contributed by atoms with Crippen molar-refractivity contribution < 1.29 is 4.39 Å². The Morgan fingerprint density at radius 1 is 1.25 bits per heavy atom. The number of benzene rings is 1. The Morgan fingerprint density at radius 2 is 2.00 bits per heavy atom. The summed E-state index contributed by atoms with van der Waals surface area (Å²) in [6, 6.07) is 5.39. The molecule has 2 heterocycles. The highest BCUT2D eigenvalue weighted by atomic mass is 19.1. The molecule has 0 amide bonds. The average Bonchev–Trinajstić information content (AvgIpc) is 2.45. The summed E-state index contributed by atoms with van der Waals surface area (Å²) >= 11 is 0. The number of nitriles is 1. The number of nitrogens with zero attached hydrogens (tertiary/aromatic N) is 4. The molecule has 1 saturated heterocycles. The van der Waals surface area contributed by atoms with Gasteiger partial charge < -0.3 is 10.6 Å². The highest BCUT2D eigenvalue weighted by Gasteiger charge is 2.26. The molecule has 102 valence electrons. The number of nitrogens with two attached hydrogens (primary N) is 1. The summed E-state index contributed by atoms with van der Waals surface area (Å²) in [5.41, 5.74) is 8.29. The molecule has 2 aromatic rings. The summed E-state index contributed by atoms with van der Waals surface area (Å²) in [5, 5.41) is 9.11. The third-order valence-corrected chi connectivity index (χ3v) is 3.50. The van der Waals surface area contributed by atoms with E-state index in [1.54, 1.807) is 24.5 Å². The van der Waals surface area contributed by atoms with Crippen LogP contribution in [-0.2, 0) is 0 Å². The summed E-state index contributed by atoms with van der Waals surface area (Å²) in [7, 11) is 0. The molecule has 0 radical (unpaired) electrons. The van der Waals surface area contributed by atoms with Crippen molar-refractivity contribution in [1.82, 2.24) is 9.97 Å². The molecule has 20 heavy (non-hydrogen) atoms. The lowest BCUT2D eigenvalue weighted by Gasteiger charge is -2.34. The van der Waals surface area contributed by atoms with Crippen LogP contribution in [0, 0.1) is 11.3 Å². The summed E-state index contributed by atoms with van der Waals surface area (Å²) in [6.07, 6.45) is 2.56. The van der Waals surface area contributed by atoms with Crippen molar-refractivity contribution in [3.05, 3.63) is 30.1 Å². The first-order valence-electron chi connectivity index (χ1n) is 6.47. The molecule has 2 atom stereocenters. The SMILES string of the molecule is N#Cc1ccc(N2C[C@H](N)C[C@@H](F)C2)c2nccnc12. The molecule has 5 nitrogen and oxygen atoms in total. The monoisotopic (exact) mass is 271 g/mol. The maximum absolute atomic E-state index is 13.7. The van der Waals surface area contributed by atoms with Crippen LogP contribution in [0.3, 0.4) is 0 Å². The van der Waals surface area contributed by atoms with Crippen LogP contribution in [0.4, 0.5) is 10.1 Å². The van der Waals surface area contributed by atoms with E-state index in [0.717, 1.165) is 5.69 Å². The lowest BCUT2D eigenvalue weighted by Crippen LogP contribution is -2.48. The van der Waals surface area contributed by atoms with E-state index in [-0.39, 0.29) is 6.04 Å². The smallest absolute Gasteiger partial charge is 0.119 e. The number of fused-ring (bicyclic) bond motifs is 1. The van der Waals surface area contributed by atoms with Crippen molar-refractivity contribution in [1.29, 1.82) is 5.26 Å². The molecular weight excluding hydrogens is 257 g/mol. The summed E-state index contributed by atoms with van der Waals surface area (Å²) < 4.78 is 13.7. The van der Waals surface area contributed by atoms with Gasteiger partial charge in [0.05, 0.1) is 11.3 Å². The maximum atomic E-state index is 13.7. The molecule has 0 saturated carbocycles. The first kappa shape index (κ1) is 12.8. The van der Waals surface area contributed by atoms with Crippen molar-refractivity contribution >= 4 is 16.7 Å². The first-order valence-corrected chi connectivity index (χ1v) is 6.47. The Balaban J connectivity index is 2.11. The molecule has 1 aliphatic heterocycles. The van der Waals surface area contributed by atoms with Gasteiger partial charge in [0.2, 0.25) is 0 Å². The molecule has 2 N–H and O–H groups in total. The van der Waals surface area contributed by atoms with Crippen LogP contribution in [0.25, 0.3) is 11.0 Å². The van der Waals surface area contributed by atoms with E-state index in [0.29, 0.717) is 36.1 Å². The normalized spacial score (nSPS) is 22.8. The van der Waals surface area contributed by atoms with Crippen LogP contribution in [0.2, 0.25) is 0 Å². The van der Waals surface area contributed by atoms with Gasteiger partial charge in [0.25, 0.3) is 0 Å². The number of anilines is 1. The van der Waals surface area contributed by atoms with Crippen molar-refractivity contribution in [3.63, 3.8) is 0 Å². The van der Waals surface area contributed by atoms with Gasteiger partial charge in [-0.3, -0.25) is 9.97 Å². The van der Waals surface area contributed by atoms with E-state index in [2.05, 4.69) is 16.0 Å². The van der Waals surface area contributed by atoms with Crippen LogP contribution in [0.15, 0.2) is 24.5 Å². The molecule has 0 aliphatic carbocycles. The topological polar surface area (TPSA) is 78.8 Å². The predicted octanol–water partition coefficient (Wildman–Crippen LogP) is 1.38.